The summed E-state index contributed by atoms with van der Waals surface area (Å²) >= 11 is 3.48. The molecular weight excluding hydrogens is 324 g/mol. The molecule has 0 N–H and O–H groups in total. The fourth-order valence-corrected chi connectivity index (χ4v) is 2.80. The summed E-state index contributed by atoms with van der Waals surface area (Å²) in [5, 5.41) is 1.15. The van der Waals surface area contributed by atoms with Gasteiger partial charge in [0.25, 0.3) is 0 Å². The Hall–Kier alpha value is -0.500. The Kier molecular flexibility index (Phi) is 11.6. The van der Waals surface area contributed by atoms with Gasteiger partial charge < -0.3 is 4.74 Å². The maximum absolute atomic E-state index is 5.80. The lowest BCUT2D eigenvalue weighted by Gasteiger charge is -2.07. The summed E-state index contributed by atoms with van der Waals surface area (Å²) in [5.41, 5.74) is 1.42. The van der Waals surface area contributed by atoms with Gasteiger partial charge in [-0.2, -0.15) is 0 Å². The van der Waals surface area contributed by atoms with Crippen molar-refractivity contribution >= 4 is 15.9 Å². The number of ether oxygens (including phenoxy) is 1. The zero-order valence-electron chi connectivity index (χ0n) is 13.6. The predicted octanol–water partition coefficient (Wildman–Crippen LogP) is 6.53. The first-order valence-electron chi connectivity index (χ1n) is 8.64. The van der Waals surface area contributed by atoms with Crippen LogP contribution in [0.1, 0.15) is 70.3 Å². The van der Waals surface area contributed by atoms with Gasteiger partial charge in [-0.1, -0.05) is 73.5 Å². The van der Waals surface area contributed by atoms with E-state index in [2.05, 4.69) is 47.1 Å². The summed E-state index contributed by atoms with van der Waals surface area (Å²) in [6, 6.07) is 8.64. The van der Waals surface area contributed by atoms with E-state index in [0.717, 1.165) is 17.7 Å². The highest BCUT2D eigenvalue weighted by Gasteiger charge is 1.96. The second-order valence-corrected chi connectivity index (χ2v) is 6.55. The first-order chi connectivity index (χ1) is 10.4. The van der Waals surface area contributed by atoms with Crippen LogP contribution in [0.5, 0.6) is 5.75 Å². The van der Waals surface area contributed by atoms with Gasteiger partial charge in [-0.3, -0.25) is 0 Å². The van der Waals surface area contributed by atoms with E-state index in [9.17, 15) is 0 Å². The van der Waals surface area contributed by atoms with Crippen LogP contribution in [-0.4, -0.2) is 11.9 Å². The average molecular weight is 355 g/mol. The average Bonchev–Trinajstić information content (AvgIpc) is 2.52. The third-order valence-electron chi connectivity index (χ3n) is 3.79. The highest BCUT2D eigenvalue weighted by atomic mass is 79.9. The number of hydrogen-bond acceptors (Lipinski definition) is 1. The fraction of sp³-hybridized carbons (Fsp3) is 0.684. The summed E-state index contributed by atoms with van der Waals surface area (Å²) in [7, 11) is 0. The standard InChI is InChI=1S/C19H31BrO/c1-2-3-11-18-12-14-19(15-13-18)21-17-10-8-6-4-5-7-9-16-20/h12-15H,2-11,16-17H2,1H3. The van der Waals surface area contributed by atoms with Crippen molar-refractivity contribution < 1.29 is 4.74 Å². The van der Waals surface area contributed by atoms with Gasteiger partial charge in [-0.05, 0) is 43.4 Å². The van der Waals surface area contributed by atoms with E-state index in [1.807, 2.05) is 0 Å². The van der Waals surface area contributed by atoms with Crippen LogP contribution in [0.4, 0.5) is 0 Å². The van der Waals surface area contributed by atoms with Gasteiger partial charge in [-0.25, -0.2) is 0 Å². The smallest absolute Gasteiger partial charge is 0.119 e. The van der Waals surface area contributed by atoms with Crippen LogP contribution in [0.2, 0.25) is 0 Å². The first kappa shape index (κ1) is 18.5. The topological polar surface area (TPSA) is 9.23 Å². The Balaban J connectivity index is 1.99. The van der Waals surface area contributed by atoms with Crippen LogP contribution in [0.25, 0.3) is 0 Å². The van der Waals surface area contributed by atoms with Crippen molar-refractivity contribution in [3.05, 3.63) is 29.8 Å². The molecule has 0 radical (unpaired) electrons. The van der Waals surface area contributed by atoms with Crippen molar-refractivity contribution in [2.45, 2.75) is 71.1 Å². The quantitative estimate of drug-likeness (QED) is 0.289. The van der Waals surface area contributed by atoms with Crippen LogP contribution < -0.4 is 4.74 Å². The highest BCUT2D eigenvalue weighted by Crippen LogP contribution is 2.15. The third-order valence-corrected chi connectivity index (χ3v) is 4.35. The Morgan fingerprint density at radius 1 is 0.810 bits per heavy atom. The highest BCUT2D eigenvalue weighted by molar-refractivity contribution is 9.09. The van der Waals surface area contributed by atoms with Gasteiger partial charge in [0.15, 0.2) is 0 Å². The second kappa shape index (κ2) is 13.2. The molecule has 21 heavy (non-hydrogen) atoms. The van der Waals surface area contributed by atoms with Gasteiger partial charge in [-0.15, -0.1) is 0 Å². The van der Waals surface area contributed by atoms with Crippen molar-refractivity contribution in [2.75, 3.05) is 11.9 Å². The molecule has 120 valence electrons. The number of aryl methyl sites for hydroxylation is 1. The maximum Gasteiger partial charge on any atom is 0.119 e. The molecule has 1 rings (SSSR count). The molecule has 1 aromatic carbocycles. The van der Waals surface area contributed by atoms with E-state index >= 15 is 0 Å². The van der Waals surface area contributed by atoms with Crippen LogP contribution in [0.15, 0.2) is 24.3 Å². The zero-order chi connectivity index (χ0) is 15.2. The summed E-state index contributed by atoms with van der Waals surface area (Å²) in [6.07, 6.45) is 13.0. The monoisotopic (exact) mass is 354 g/mol. The van der Waals surface area contributed by atoms with Gasteiger partial charge in [0, 0.05) is 5.33 Å². The minimum absolute atomic E-state index is 0.857. The minimum Gasteiger partial charge on any atom is -0.494 e. The molecule has 0 aromatic heterocycles. The Morgan fingerprint density at radius 2 is 1.43 bits per heavy atom. The van der Waals surface area contributed by atoms with Crippen LogP contribution in [0, 0.1) is 0 Å². The fourth-order valence-electron chi connectivity index (χ4n) is 2.40. The summed E-state index contributed by atoms with van der Waals surface area (Å²) in [5.74, 6) is 1.02. The Labute approximate surface area is 139 Å². The molecule has 0 unspecified atom stereocenters. The number of halogens is 1. The van der Waals surface area contributed by atoms with E-state index in [1.54, 1.807) is 0 Å². The molecular formula is C19H31BrO. The second-order valence-electron chi connectivity index (χ2n) is 5.76. The molecule has 1 aromatic rings. The summed E-state index contributed by atoms with van der Waals surface area (Å²) in [6.45, 7) is 3.09. The Morgan fingerprint density at radius 3 is 2.05 bits per heavy atom. The van der Waals surface area contributed by atoms with E-state index in [0.29, 0.717) is 0 Å². The lowest BCUT2D eigenvalue weighted by molar-refractivity contribution is 0.304. The first-order valence-corrected chi connectivity index (χ1v) is 9.76. The molecule has 0 saturated heterocycles. The van der Waals surface area contributed by atoms with Crippen LogP contribution in [-0.2, 0) is 6.42 Å². The number of benzene rings is 1. The molecule has 0 aliphatic carbocycles. The zero-order valence-corrected chi connectivity index (χ0v) is 15.2. The lowest BCUT2D eigenvalue weighted by atomic mass is 10.1. The molecule has 0 heterocycles. The van der Waals surface area contributed by atoms with Crippen molar-refractivity contribution in [1.82, 2.24) is 0 Å². The number of unbranched alkanes of at least 4 members (excludes halogenated alkanes) is 7. The molecule has 0 amide bonds. The molecule has 0 bridgehead atoms. The van der Waals surface area contributed by atoms with Crippen LogP contribution >= 0.6 is 15.9 Å². The van der Waals surface area contributed by atoms with E-state index in [-0.39, 0.29) is 0 Å². The third kappa shape index (κ3) is 9.95. The van der Waals surface area contributed by atoms with Crippen molar-refractivity contribution in [3.8, 4) is 5.75 Å². The van der Waals surface area contributed by atoms with E-state index in [1.165, 1.54) is 69.8 Å². The van der Waals surface area contributed by atoms with E-state index < -0.39 is 0 Å². The van der Waals surface area contributed by atoms with Gasteiger partial charge in [0.1, 0.15) is 5.75 Å². The SMILES string of the molecule is CCCCc1ccc(OCCCCCCCCCBr)cc1. The molecule has 0 aliphatic rings. The largest absolute Gasteiger partial charge is 0.494 e. The van der Waals surface area contributed by atoms with Crippen molar-refractivity contribution in [1.29, 1.82) is 0 Å². The lowest BCUT2D eigenvalue weighted by Crippen LogP contribution is -1.97. The van der Waals surface area contributed by atoms with Gasteiger partial charge in [0.2, 0.25) is 0 Å². The van der Waals surface area contributed by atoms with Crippen molar-refractivity contribution in [2.24, 2.45) is 0 Å². The summed E-state index contributed by atoms with van der Waals surface area (Å²) < 4.78 is 5.80. The molecule has 2 heteroatoms. The predicted molar refractivity (Wildman–Crippen MR) is 96.7 cm³/mol. The summed E-state index contributed by atoms with van der Waals surface area (Å²) in [4.78, 5) is 0. The van der Waals surface area contributed by atoms with Crippen molar-refractivity contribution in [3.63, 3.8) is 0 Å². The van der Waals surface area contributed by atoms with E-state index in [4.69, 9.17) is 4.74 Å². The normalized spacial score (nSPS) is 10.8. The Bertz CT molecular complexity index is 334. The number of rotatable bonds is 13. The van der Waals surface area contributed by atoms with Gasteiger partial charge in [0.05, 0.1) is 6.61 Å². The van der Waals surface area contributed by atoms with Gasteiger partial charge >= 0.3 is 0 Å². The molecule has 1 nitrogen and oxygen atoms in total. The maximum atomic E-state index is 5.80. The van der Waals surface area contributed by atoms with Crippen LogP contribution in [0.3, 0.4) is 0 Å². The minimum atomic E-state index is 0.857. The molecule has 0 atom stereocenters. The molecule has 0 fully saturated rings. The molecule has 0 spiro atoms. The molecule has 0 aliphatic heterocycles. The number of hydrogen-bond donors (Lipinski definition) is 0. The molecule has 0 saturated carbocycles. The number of alkyl halides is 1.